The van der Waals surface area contributed by atoms with E-state index in [1.54, 1.807) is 61.7 Å². The number of amides is 2. The van der Waals surface area contributed by atoms with E-state index in [1.165, 1.54) is 41.3 Å². The van der Waals surface area contributed by atoms with Gasteiger partial charge in [0.15, 0.2) is 6.61 Å². The molecule has 2 amide bonds. The SMILES string of the molecule is COc1ccccc1CNC(=O)C(c1ccccc1)N(Cc1ccc(Cl)cc1)C(=O)COc1ccc(S(=O)(=O)Nc2ccc(F)cc2)cc1. The van der Waals surface area contributed by atoms with Gasteiger partial charge in [-0.15, -0.1) is 0 Å². The second-order valence-corrected chi connectivity index (χ2v) is 13.0. The van der Waals surface area contributed by atoms with E-state index in [0.29, 0.717) is 16.3 Å². The largest absolute Gasteiger partial charge is 0.496 e. The zero-order chi connectivity index (χ0) is 34.8. The van der Waals surface area contributed by atoms with E-state index >= 15 is 0 Å². The smallest absolute Gasteiger partial charge is 0.261 e. The van der Waals surface area contributed by atoms with E-state index in [1.807, 2.05) is 24.3 Å². The van der Waals surface area contributed by atoms with Gasteiger partial charge in [0.25, 0.3) is 15.9 Å². The molecule has 252 valence electrons. The molecule has 0 aromatic heterocycles. The maximum absolute atomic E-state index is 14.0. The first kappa shape index (κ1) is 34.9. The molecular weight excluding hydrogens is 669 g/mol. The van der Waals surface area contributed by atoms with Gasteiger partial charge in [0, 0.05) is 29.4 Å². The maximum atomic E-state index is 14.0. The van der Waals surface area contributed by atoms with Gasteiger partial charge in [0.2, 0.25) is 5.91 Å². The summed E-state index contributed by atoms with van der Waals surface area (Å²) in [5.41, 5.74) is 2.29. The standard InChI is InChI=1S/C37H33ClFN3O6S/c1-47-34-10-6-5-9-28(34)23-40-37(44)36(27-7-3-2-4-8-27)42(24-26-11-13-29(38)14-12-26)35(43)25-48-32-19-21-33(22-20-32)49(45,46)41-31-17-15-30(39)16-18-31/h2-22,36,41H,23-25H2,1H3,(H,40,44). The molecule has 1 atom stereocenters. The number of nitrogens with one attached hydrogen (secondary N) is 2. The Balaban J connectivity index is 1.36. The van der Waals surface area contributed by atoms with Crippen molar-refractivity contribution in [3.8, 4) is 11.5 Å². The Labute approximate surface area is 289 Å². The lowest BCUT2D eigenvalue weighted by molar-refractivity contribution is -0.143. The van der Waals surface area contributed by atoms with Crippen molar-refractivity contribution < 1.29 is 31.9 Å². The Kier molecular flexibility index (Phi) is 11.5. The van der Waals surface area contributed by atoms with Gasteiger partial charge in [-0.1, -0.05) is 72.3 Å². The summed E-state index contributed by atoms with van der Waals surface area (Å²) >= 11 is 6.12. The van der Waals surface area contributed by atoms with Gasteiger partial charge >= 0.3 is 0 Å². The first-order valence-electron chi connectivity index (χ1n) is 15.1. The number of benzene rings is 5. The van der Waals surface area contributed by atoms with E-state index in [4.69, 9.17) is 21.1 Å². The monoisotopic (exact) mass is 701 g/mol. The molecule has 5 aromatic carbocycles. The highest BCUT2D eigenvalue weighted by molar-refractivity contribution is 7.92. The Morgan fingerprint density at radius 2 is 1.49 bits per heavy atom. The van der Waals surface area contributed by atoms with Gasteiger partial charge in [-0.05, 0) is 77.9 Å². The number of carbonyl (C=O) groups is 2. The molecule has 49 heavy (non-hydrogen) atoms. The van der Waals surface area contributed by atoms with Gasteiger partial charge < -0.3 is 19.7 Å². The van der Waals surface area contributed by atoms with E-state index < -0.39 is 40.3 Å². The molecule has 0 bridgehead atoms. The van der Waals surface area contributed by atoms with E-state index in [2.05, 4.69) is 10.0 Å². The van der Waals surface area contributed by atoms with Gasteiger partial charge in [0.1, 0.15) is 23.4 Å². The number of methoxy groups -OCH3 is 1. The molecule has 0 aliphatic rings. The van der Waals surface area contributed by atoms with Crippen LogP contribution < -0.4 is 19.5 Å². The molecule has 5 rings (SSSR count). The van der Waals surface area contributed by atoms with Crippen molar-refractivity contribution in [3.05, 3.63) is 155 Å². The van der Waals surface area contributed by atoms with Crippen molar-refractivity contribution in [3.63, 3.8) is 0 Å². The average Bonchev–Trinajstić information content (AvgIpc) is 3.12. The summed E-state index contributed by atoms with van der Waals surface area (Å²) in [5.74, 6) is -0.549. The van der Waals surface area contributed by atoms with Crippen LogP contribution in [0, 0.1) is 5.82 Å². The molecule has 1 unspecified atom stereocenters. The fourth-order valence-electron chi connectivity index (χ4n) is 5.02. The highest BCUT2D eigenvalue weighted by Gasteiger charge is 2.32. The number of anilines is 1. The minimum Gasteiger partial charge on any atom is -0.496 e. The van der Waals surface area contributed by atoms with Crippen LogP contribution in [-0.4, -0.2) is 38.8 Å². The number of hydrogen-bond donors (Lipinski definition) is 2. The van der Waals surface area contributed by atoms with Crippen molar-refractivity contribution in [2.75, 3.05) is 18.4 Å². The number of sulfonamides is 1. The van der Waals surface area contributed by atoms with Crippen LogP contribution in [0.3, 0.4) is 0 Å². The zero-order valence-electron chi connectivity index (χ0n) is 26.4. The quantitative estimate of drug-likeness (QED) is 0.132. The van der Waals surface area contributed by atoms with Crippen LogP contribution in [0.1, 0.15) is 22.7 Å². The lowest BCUT2D eigenvalue weighted by atomic mass is 10.0. The van der Waals surface area contributed by atoms with Gasteiger partial charge in [0.05, 0.1) is 12.0 Å². The maximum Gasteiger partial charge on any atom is 0.261 e. The fraction of sp³-hybridized carbons (Fsp3) is 0.135. The van der Waals surface area contributed by atoms with Crippen molar-refractivity contribution in [2.24, 2.45) is 0 Å². The van der Waals surface area contributed by atoms with Crippen molar-refractivity contribution in [1.29, 1.82) is 0 Å². The molecule has 0 aliphatic heterocycles. The Morgan fingerprint density at radius 1 is 0.837 bits per heavy atom. The lowest BCUT2D eigenvalue weighted by Crippen LogP contribution is -2.45. The van der Waals surface area contributed by atoms with Crippen LogP contribution >= 0.6 is 11.6 Å². The van der Waals surface area contributed by atoms with Crippen molar-refractivity contribution >= 4 is 39.1 Å². The predicted octanol–water partition coefficient (Wildman–Crippen LogP) is 6.75. The van der Waals surface area contributed by atoms with E-state index in [-0.39, 0.29) is 29.4 Å². The van der Waals surface area contributed by atoms with Crippen LogP contribution in [0.2, 0.25) is 5.02 Å². The van der Waals surface area contributed by atoms with E-state index in [9.17, 15) is 22.4 Å². The van der Waals surface area contributed by atoms with Crippen LogP contribution in [0.25, 0.3) is 0 Å². The minimum atomic E-state index is -3.97. The molecule has 9 nitrogen and oxygen atoms in total. The number of para-hydroxylation sites is 1. The molecule has 0 spiro atoms. The summed E-state index contributed by atoms with van der Waals surface area (Å²) in [4.78, 5) is 29.3. The lowest BCUT2D eigenvalue weighted by Gasteiger charge is -2.31. The predicted molar refractivity (Wildman–Crippen MR) is 185 cm³/mol. The Morgan fingerprint density at radius 3 is 2.16 bits per heavy atom. The number of halogens is 2. The van der Waals surface area contributed by atoms with Crippen LogP contribution in [-0.2, 0) is 32.7 Å². The number of ether oxygens (including phenoxy) is 2. The van der Waals surface area contributed by atoms with Crippen molar-refractivity contribution in [1.82, 2.24) is 10.2 Å². The van der Waals surface area contributed by atoms with Gasteiger partial charge in [-0.2, -0.15) is 0 Å². The van der Waals surface area contributed by atoms with Gasteiger partial charge in [-0.3, -0.25) is 14.3 Å². The number of hydrogen-bond acceptors (Lipinski definition) is 6. The molecule has 0 heterocycles. The molecule has 0 radical (unpaired) electrons. The van der Waals surface area contributed by atoms with Crippen LogP contribution in [0.4, 0.5) is 10.1 Å². The minimum absolute atomic E-state index is 0.0595. The molecule has 0 saturated carbocycles. The third kappa shape index (κ3) is 9.37. The number of nitrogens with zero attached hydrogens (tertiary/aromatic N) is 1. The first-order valence-corrected chi connectivity index (χ1v) is 17.0. The Bertz CT molecular complexity index is 1980. The average molecular weight is 702 g/mol. The van der Waals surface area contributed by atoms with Crippen molar-refractivity contribution in [2.45, 2.75) is 24.0 Å². The first-order chi connectivity index (χ1) is 23.6. The van der Waals surface area contributed by atoms with Gasteiger partial charge in [-0.25, -0.2) is 12.8 Å². The number of rotatable bonds is 14. The zero-order valence-corrected chi connectivity index (χ0v) is 28.0. The number of carbonyl (C=O) groups excluding carboxylic acids is 2. The summed E-state index contributed by atoms with van der Waals surface area (Å²) in [6.07, 6.45) is 0. The highest BCUT2D eigenvalue weighted by atomic mass is 35.5. The highest BCUT2D eigenvalue weighted by Crippen LogP contribution is 2.26. The fourth-order valence-corrected chi connectivity index (χ4v) is 6.21. The summed E-state index contributed by atoms with van der Waals surface area (Å²) in [6.45, 7) is -0.221. The second-order valence-electron chi connectivity index (χ2n) is 10.9. The second kappa shape index (κ2) is 16.1. The topological polar surface area (TPSA) is 114 Å². The third-order valence-corrected chi connectivity index (χ3v) is 9.15. The molecule has 0 saturated heterocycles. The molecular formula is C37H33ClFN3O6S. The molecule has 2 N–H and O–H groups in total. The summed E-state index contributed by atoms with van der Waals surface area (Å²) in [5, 5.41) is 3.49. The summed E-state index contributed by atoms with van der Waals surface area (Å²) in [6, 6.07) is 32.6. The van der Waals surface area contributed by atoms with Crippen LogP contribution in [0.5, 0.6) is 11.5 Å². The normalized spacial score (nSPS) is 11.7. The molecule has 0 fully saturated rings. The Hall–Kier alpha value is -5.39. The molecule has 5 aromatic rings. The summed E-state index contributed by atoms with van der Waals surface area (Å²) in [7, 11) is -2.42. The van der Waals surface area contributed by atoms with Crippen LogP contribution in [0.15, 0.2) is 132 Å². The molecule has 12 heteroatoms. The summed E-state index contributed by atoms with van der Waals surface area (Å²) < 4.78 is 52.6. The third-order valence-electron chi connectivity index (χ3n) is 7.50. The molecule has 0 aliphatic carbocycles. The van der Waals surface area contributed by atoms with E-state index in [0.717, 1.165) is 23.3 Å².